The van der Waals surface area contributed by atoms with E-state index in [-0.39, 0.29) is 63.9 Å². The molecule has 0 radical (unpaired) electrons. The van der Waals surface area contributed by atoms with Gasteiger partial charge in [0.2, 0.25) is 5.91 Å². The molecular formula is C20H25N3NaO9S3+. The smallest absolute Gasteiger partial charge is 0.326 e. The summed E-state index contributed by atoms with van der Waals surface area (Å²) in [7, 11) is -11.0. The number of carbonyl (C=O) groups excluding carboxylic acids is 1. The van der Waals surface area contributed by atoms with Crippen molar-refractivity contribution in [3.05, 3.63) is 47.5 Å². The fourth-order valence-electron chi connectivity index (χ4n) is 2.64. The molecule has 0 aromatic heterocycles. The maximum absolute atomic E-state index is 12.0. The quantitative estimate of drug-likeness (QED) is 0.169. The number of nitrogens with one attached hydrogen (secondary N) is 2. The van der Waals surface area contributed by atoms with Gasteiger partial charge >= 0.3 is 39.8 Å². The predicted octanol–water partition coefficient (Wildman–Crippen LogP) is -0.833. The number of amides is 1. The van der Waals surface area contributed by atoms with Crippen molar-refractivity contribution in [3.63, 3.8) is 0 Å². The molecule has 2 aromatic carbocycles. The van der Waals surface area contributed by atoms with Crippen LogP contribution in [-0.4, -0.2) is 58.7 Å². The van der Waals surface area contributed by atoms with Gasteiger partial charge in [-0.05, 0) is 35.4 Å². The van der Waals surface area contributed by atoms with Crippen molar-refractivity contribution in [3.8, 4) is 0 Å². The maximum Gasteiger partial charge on any atom is 1.00 e. The summed E-state index contributed by atoms with van der Waals surface area (Å²) in [4.78, 5) is 10.7. The summed E-state index contributed by atoms with van der Waals surface area (Å²) in [6.45, 7) is 3.28. The van der Waals surface area contributed by atoms with Crippen molar-refractivity contribution in [2.45, 2.75) is 23.6 Å². The largest absolute Gasteiger partial charge is 1.00 e. The Labute approximate surface area is 232 Å². The van der Waals surface area contributed by atoms with Crippen LogP contribution in [0, 0.1) is 5.92 Å². The van der Waals surface area contributed by atoms with E-state index in [1.807, 2.05) is 0 Å². The molecular weight excluding hydrogens is 545 g/mol. The Kier molecular flexibility index (Phi) is 10.9. The standard InChI is InChI=1S/C20H25N3O9S3.Na/c1-13(2)20(24)21-16-9-7-14(18(11-16)33(25,26)27)5-6-15-8-10-17(12-19(15)34(28,29)30)22-35(31,32)23(3)4;/h5-13,22H,1-4H3,(H,21,24)(H,25,26,27)(H,28,29,30);/q;+1/b6-5+;. The van der Waals surface area contributed by atoms with E-state index in [0.29, 0.717) is 0 Å². The summed E-state index contributed by atoms with van der Waals surface area (Å²) >= 11 is 0. The number of rotatable bonds is 9. The zero-order valence-corrected chi connectivity index (χ0v) is 24.6. The molecule has 0 heterocycles. The monoisotopic (exact) mass is 570 g/mol. The Hall–Kier alpha value is -1.82. The molecule has 0 atom stereocenters. The Morgan fingerprint density at radius 3 is 1.64 bits per heavy atom. The minimum atomic E-state index is -4.82. The first-order chi connectivity index (χ1) is 15.9. The van der Waals surface area contributed by atoms with E-state index in [2.05, 4.69) is 10.0 Å². The summed E-state index contributed by atoms with van der Waals surface area (Å²) in [5.74, 6) is -0.759. The van der Waals surface area contributed by atoms with Gasteiger partial charge in [0.1, 0.15) is 9.79 Å². The summed E-state index contributed by atoms with van der Waals surface area (Å²) in [5.41, 5.74) is -0.176. The summed E-state index contributed by atoms with van der Waals surface area (Å²) in [5, 5.41) is 2.51. The van der Waals surface area contributed by atoms with Crippen LogP contribution in [0.1, 0.15) is 25.0 Å². The molecule has 12 nitrogen and oxygen atoms in total. The molecule has 0 aliphatic heterocycles. The molecule has 1 amide bonds. The van der Waals surface area contributed by atoms with E-state index in [1.165, 1.54) is 44.4 Å². The Bertz CT molecular complexity index is 1490. The van der Waals surface area contributed by atoms with Crippen LogP contribution in [0.15, 0.2) is 46.2 Å². The third-order valence-electron chi connectivity index (χ3n) is 4.54. The fraction of sp³-hybridized carbons (Fsp3) is 0.250. The molecule has 0 bridgehead atoms. The molecule has 0 aliphatic carbocycles. The zero-order valence-electron chi connectivity index (χ0n) is 20.1. The number of hydrogen-bond donors (Lipinski definition) is 4. The molecule has 2 rings (SSSR count). The molecule has 0 spiro atoms. The summed E-state index contributed by atoms with van der Waals surface area (Å²) in [6.07, 6.45) is 2.33. The van der Waals surface area contributed by atoms with E-state index < -0.39 is 40.2 Å². The predicted molar refractivity (Wildman–Crippen MR) is 131 cm³/mol. The molecule has 4 N–H and O–H groups in total. The minimum absolute atomic E-state index is 0. The van der Waals surface area contributed by atoms with E-state index in [1.54, 1.807) is 13.8 Å². The Morgan fingerprint density at radius 2 is 1.25 bits per heavy atom. The van der Waals surface area contributed by atoms with Crippen molar-refractivity contribution >= 4 is 59.9 Å². The second-order valence-corrected chi connectivity index (χ2v) is 12.5. The van der Waals surface area contributed by atoms with Gasteiger partial charge in [0.25, 0.3) is 20.2 Å². The average Bonchev–Trinajstić information content (AvgIpc) is 2.71. The van der Waals surface area contributed by atoms with E-state index in [4.69, 9.17) is 0 Å². The van der Waals surface area contributed by atoms with E-state index in [9.17, 15) is 39.2 Å². The third kappa shape index (κ3) is 8.64. The van der Waals surface area contributed by atoms with Gasteiger partial charge in [-0.15, -0.1) is 0 Å². The molecule has 0 saturated carbocycles. The molecule has 0 unspecified atom stereocenters. The van der Waals surface area contributed by atoms with Crippen LogP contribution in [0.3, 0.4) is 0 Å². The van der Waals surface area contributed by atoms with Crippen molar-refractivity contribution in [2.24, 2.45) is 5.92 Å². The SMILES string of the molecule is CC(C)C(=O)Nc1ccc(/C=C/c2ccc(NS(=O)(=O)N(C)C)cc2S(=O)(=O)O)c(S(=O)(=O)O)c1.[Na+]. The molecule has 0 saturated heterocycles. The normalized spacial score (nSPS) is 12.6. The number of carbonyl (C=O) groups is 1. The molecule has 36 heavy (non-hydrogen) atoms. The van der Waals surface area contributed by atoms with Crippen LogP contribution in [-0.2, 0) is 35.2 Å². The van der Waals surface area contributed by atoms with Crippen LogP contribution >= 0.6 is 0 Å². The van der Waals surface area contributed by atoms with Gasteiger partial charge in [0, 0.05) is 25.7 Å². The van der Waals surface area contributed by atoms with E-state index >= 15 is 0 Å². The number of hydrogen-bond acceptors (Lipinski definition) is 7. The number of nitrogens with zero attached hydrogens (tertiary/aromatic N) is 1. The van der Waals surface area contributed by atoms with Gasteiger partial charge in [-0.1, -0.05) is 38.1 Å². The van der Waals surface area contributed by atoms with Gasteiger partial charge in [-0.3, -0.25) is 18.6 Å². The van der Waals surface area contributed by atoms with Crippen molar-refractivity contribution in [2.75, 3.05) is 24.1 Å². The second kappa shape index (κ2) is 12.1. The average molecular weight is 571 g/mol. The topological polar surface area (TPSA) is 187 Å². The van der Waals surface area contributed by atoms with Crippen LogP contribution < -0.4 is 39.6 Å². The summed E-state index contributed by atoms with van der Waals surface area (Å²) < 4.78 is 93.9. The number of benzene rings is 2. The molecule has 2 aromatic rings. The first kappa shape index (κ1) is 32.2. The second-order valence-electron chi connectivity index (χ2n) is 7.82. The van der Waals surface area contributed by atoms with Gasteiger partial charge in [-0.25, -0.2) is 0 Å². The molecule has 16 heteroatoms. The fourth-order valence-corrected chi connectivity index (χ4v) is 4.67. The molecule has 0 fully saturated rings. The minimum Gasteiger partial charge on any atom is -0.326 e. The first-order valence-electron chi connectivity index (χ1n) is 9.84. The van der Waals surface area contributed by atoms with Crippen molar-refractivity contribution < 1.29 is 68.7 Å². The molecule has 192 valence electrons. The van der Waals surface area contributed by atoms with Crippen LogP contribution in [0.5, 0.6) is 0 Å². The van der Waals surface area contributed by atoms with Gasteiger partial charge in [0.15, 0.2) is 0 Å². The first-order valence-corrected chi connectivity index (χ1v) is 14.2. The van der Waals surface area contributed by atoms with Crippen LogP contribution in [0.25, 0.3) is 12.2 Å². The zero-order chi connectivity index (χ0) is 26.8. The molecule has 0 aliphatic rings. The number of anilines is 2. The Balaban J connectivity index is 0.00000648. The van der Waals surface area contributed by atoms with Gasteiger partial charge < -0.3 is 5.32 Å². The maximum atomic E-state index is 12.0. The van der Waals surface area contributed by atoms with E-state index in [0.717, 1.165) is 22.5 Å². The van der Waals surface area contributed by atoms with Crippen LogP contribution in [0.2, 0.25) is 0 Å². The van der Waals surface area contributed by atoms with Crippen LogP contribution in [0.4, 0.5) is 11.4 Å². The van der Waals surface area contributed by atoms with Crippen molar-refractivity contribution in [1.82, 2.24) is 4.31 Å². The Morgan fingerprint density at radius 1 is 0.833 bits per heavy atom. The third-order valence-corrected chi connectivity index (χ3v) is 7.82. The van der Waals surface area contributed by atoms with Gasteiger partial charge in [-0.2, -0.15) is 29.6 Å². The summed E-state index contributed by atoms with van der Waals surface area (Å²) in [6, 6.07) is 7.03. The van der Waals surface area contributed by atoms with Crippen molar-refractivity contribution in [1.29, 1.82) is 0 Å². The van der Waals surface area contributed by atoms with Gasteiger partial charge in [0.05, 0.1) is 5.69 Å².